The summed E-state index contributed by atoms with van der Waals surface area (Å²) in [7, 11) is 0. The zero-order valence-electron chi connectivity index (χ0n) is 21.0. The molecule has 0 spiro atoms. The van der Waals surface area contributed by atoms with E-state index >= 15 is 0 Å². The van der Waals surface area contributed by atoms with Crippen molar-refractivity contribution in [2.24, 2.45) is 11.1 Å². The van der Waals surface area contributed by atoms with Crippen molar-refractivity contribution in [3.63, 3.8) is 0 Å². The molecule has 192 valence electrons. The minimum absolute atomic E-state index is 0.00170. The first kappa shape index (κ1) is 26.5. The topological polar surface area (TPSA) is 141 Å². The highest BCUT2D eigenvalue weighted by molar-refractivity contribution is 7.12. The number of nitrogens with two attached hydrogens (primary N) is 1. The molecule has 0 atom stereocenters. The van der Waals surface area contributed by atoms with Crippen LogP contribution in [-0.2, 0) is 0 Å². The van der Waals surface area contributed by atoms with Crippen molar-refractivity contribution in [2.45, 2.75) is 13.8 Å². The second-order valence-corrected chi connectivity index (χ2v) is 10.4. The number of nitriles is 1. The van der Waals surface area contributed by atoms with Gasteiger partial charge < -0.3 is 21.5 Å². The Hall–Kier alpha value is -4.52. The summed E-state index contributed by atoms with van der Waals surface area (Å²) in [4.78, 5) is 30.8. The first-order valence-electron chi connectivity index (χ1n) is 11.9. The molecule has 0 bridgehead atoms. The van der Waals surface area contributed by atoms with E-state index in [1.54, 1.807) is 66.0 Å². The number of pyridine rings is 1. The van der Waals surface area contributed by atoms with Crippen LogP contribution in [0.15, 0.2) is 72.1 Å². The molecule has 0 saturated heterocycles. The van der Waals surface area contributed by atoms with Crippen molar-refractivity contribution in [3.05, 3.63) is 88.1 Å². The van der Waals surface area contributed by atoms with E-state index in [9.17, 15) is 20.0 Å². The molecule has 0 fully saturated rings. The SMILES string of the molecule is CC(C)(CN)CNC(=O)c1cccc(-c2cc(-c3ccccc3O)nc(NC(=O)c3cccs3)c2C#N)c1. The van der Waals surface area contributed by atoms with Gasteiger partial charge in [-0.05, 0) is 59.3 Å². The van der Waals surface area contributed by atoms with E-state index in [0.717, 1.165) is 0 Å². The predicted octanol–water partition coefficient (Wildman–Crippen LogP) is 5.02. The zero-order chi connectivity index (χ0) is 27.3. The lowest BCUT2D eigenvalue weighted by Crippen LogP contribution is -2.38. The Balaban J connectivity index is 1.81. The van der Waals surface area contributed by atoms with Crippen molar-refractivity contribution >= 4 is 29.0 Å². The van der Waals surface area contributed by atoms with Gasteiger partial charge in [-0.3, -0.25) is 9.59 Å². The number of carbonyl (C=O) groups is 2. The Labute approximate surface area is 224 Å². The van der Waals surface area contributed by atoms with Crippen LogP contribution in [-0.4, -0.2) is 35.0 Å². The van der Waals surface area contributed by atoms with Crippen LogP contribution in [0, 0.1) is 16.7 Å². The largest absolute Gasteiger partial charge is 0.507 e. The number of benzene rings is 2. The van der Waals surface area contributed by atoms with Crippen LogP contribution in [0.5, 0.6) is 5.75 Å². The van der Waals surface area contributed by atoms with E-state index in [0.29, 0.717) is 45.9 Å². The van der Waals surface area contributed by atoms with Gasteiger partial charge >= 0.3 is 0 Å². The minimum Gasteiger partial charge on any atom is -0.507 e. The monoisotopic (exact) mass is 525 g/mol. The van der Waals surface area contributed by atoms with Gasteiger partial charge in [-0.1, -0.05) is 44.2 Å². The van der Waals surface area contributed by atoms with Gasteiger partial charge in [-0.25, -0.2) is 4.98 Å². The number of hydrogen-bond acceptors (Lipinski definition) is 7. The molecule has 0 aliphatic carbocycles. The van der Waals surface area contributed by atoms with Crippen LogP contribution in [0.3, 0.4) is 0 Å². The average molecular weight is 526 g/mol. The Bertz CT molecular complexity index is 1520. The number of nitrogens with zero attached hydrogens (tertiary/aromatic N) is 2. The summed E-state index contributed by atoms with van der Waals surface area (Å²) in [6.45, 7) is 4.76. The number of phenols is 1. The molecule has 8 nitrogen and oxygen atoms in total. The maximum Gasteiger partial charge on any atom is 0.266 e. The number of anilines is 1. The number of para-hydroxylation sites is 1. The second-order valence-electron chi connectivity index (χ2n) is 9.47. The van der Waals surface area contributed by atoms with Crippen molar-refractivity contribution < 1.29 is 14.7 Å². The molecule has 9 heteroatoms. The first-order chi connectivity index (χ1) is 18.2. The van der Waals surface area contributed by atoms with E-state index in [1.165, 1.54) is 17.4 Å². The summed E-state index contributed by atoms with van der Waals surface area (Å²) < 4.78 is 0. The van der Waals surface area contributed by atoms with Crippen molar-refractivity contribution in [2.75, 3.05) is 18.4 Å². The number of aromatic hydroxyl groups is 1. The van der Waals surface area contributed by atoms with E-state index < -0.39 is 5.91 Å². The van der Waals surface area contributed by atoms with Gasteiger partial charge in [0.2, 0.25) is 0 Å². The van der Waals surface area contributed by atoms with Gasteiger partial charge in [0, 0.05) is 23.2 Å². The second kappa shape index (κ2) is 11.3. The third-order valence-corrected chi connectivity index (χ3v) is 6.87. The summed E-state index contributed by atoms with van der Waals surface area (Å²) >= 11 is 1.27. The zero-order valence-corrected chi connectivity index (χ0v) is 21.8. The number of rotatable bonds is 8. The lowest BCUT2D eigenvalue weighted by Gasteiger charge is -2.22. The van der Waals surface area contributed by atoms with Gasteiger partial charge in [0.1, 0.15) is 17.4 Å². The van der Waals surface area contributed by atoms with E-state index in [-0.39, 0.29) is 28.5 Å². The van der Waals surface area contributed by atoms with Gasteiger partial charge in [-0.2, -0.15) is 5.26 Å². The number of amides is 2. The summed E-state index contributed by atoms with van der Waals surface area (Å²) in [5.41, 5.74) is 7.90. The highest BCUT2D eigenvalue weighted by Gasteiger charge is 2.21. The van der Waals surface area contributed by atoms with E-state index in [4.69, 9.17) is 5.73 Å². The van der Waals surface area contributed by atoms with Gasteiger partial charge in [-0.15, -0.1) is 11.3 Å². The molecule has 38 heavy (non-hydrogen) atoms. The number of nitrogens with one attached hydrogen (secondary N) is 2. The highest BCUT2D eigenvalue weighted by Crippen LogP contribution is 2.36. The lowest BCUT2D eigenvalue weighted by molar-refractivity contribution is 0.0937. The van der Waals surface area contributed by atoms with Crippen LogP contribution in [0.2, 0.25) is 0 Å². The summed E-state index contributed by atoms with van der Waals surface area (Å²) in [6, 6.07) is 20.8. The maximum atomic E-state index is 12.9. The molecule has 0 saturated carbocycles. The standard InChI is InChI=1S/C29H27N5O3S/c1-29(2,16-31)17-32-27(36)19-8-5-7-18(13-19)21-14-23(20-9-3-4-10-24(20)35)33-26(22(21)15-30)34-28(37)25-11-6-12-38-25/h3-14,35H,16-17,31H2,1-2H3,(H,32,36)(H,33,34,37). The quantitative estimate of drug-likeness (QED) is 0.254. The average Bonchev–Trinajstić information content (AvgIpc) is 3.47. The molecular formula is C29H27N5O3S. The van der Waals surface area contributed by atoms with Crippen LogP contribution < -0.4 is 16.4 Å². The Kier molecular flexibility index (Phi) is 7.86. The Morgan fingerprint density at radius 1 is 1.05 bits per heavy atom. The maximum absolute atomic E-state index is 12.9. The molecule has 2 aromatic carbocycles. The molecule has 0 aliphatic heterocycles. The van der Waals surface area contributed by atoms with Crippen molar-refractivity contribution in [3.8, 4) is 34.2 Å². The third-order valence-electron chi connectivity index (χ3n) is 6.00. The van der Waals surface area contributed by atoms with Crippen LogP contribution >= 0.6 is 11.3 Å². The predicted molar refractivity (Wildman–Crippen MR) is 149 cm³/mol. The highest BCUT2D eigenvalue weighted by atomic mass is 32.1. The summed E-state index contributed by atoms with van der Waals surface area (Å²) in [5.74, 6) is -0.615. The molecule has 4 aromatic rings. The number of aromatic nitrogens is 1. The lowest BCUT2D eigenvalue weighted by atomic mass is 9.93. The number of thiophene rings is 1. The van der Waals surface area contributed by atoms with Gasteiger partial charge in [0.15, 0.2) is 5.82 Å². The van der Waals surface area contributed by atoms with E-state index in [1.807, 2.05) is 13.8 Å². The molecule has 2 aromatic heterocycles. The fourth-order valence-electron chi connectivity index (χ4n) is 3.70. The molecule has 2 amide bonds. The van der Waals surface area contributed by atoms with Crippen LogP contribution in [0.25, 0.3) is 22.4 Å². The first-order valence-corrected chi connectivity index (χ1v) is 12.8. The van der Waals surface area contributed by atoms with E-state index in [2.05, 4.69) is 21.7 Å². The molecule has 0 radical (unpaired) electrons. The Morgan fingerprint density at radius 2 is 1.84 bits per heavy atom. The van der Waals surface area contributed by atoms with Crippen molar-refractivity contribution in [1.29, 1.82) is 5.26 Å². The molecule has 4 rings (SSSR count). The Morgan fingerprint density at radius 3 is 2.53 bits per heavy atom. The van der Waals surface area contributed by atoms with Crippen LogP contribution in [0.1, 0.15) is 39.4 Å². The minimum atomic E-state index is -0.403. The van der Waals surface area contributed by atoms with Crippen molar-refractivity contribution in [1.82, 2.24) is 10.3 Å². The van der Waals surface area contributed by atoms with Gasteiger partial charge in [0.05, 0.1) is 10.6 Å². The van der Waals surface area contributed by atoms with Crippen LogP contribution in [0.4, 0.5) is 5.82 Å². The number of hydrogen-bond donors (Lipinski definition) is 4. The molecule has 5 N–H and O–H groups in total. The fraction of sp³-hybridized carbons (Fsp3) is 0.172. The molecular weight excluding hydrogens is 498 g/mol. The normalized spacial score (nSPS) is 11.0. The molecule has 2 heterocycles. The summed E-state index contributed by atoms with van der Waals surface area (Å²) in [5, 5.41) is 28.0. The van der Waals surface area contributed by atoms with Gasteiger partial charge in [0.25, 0.3) is 11.8 Å². The number of phenolic OH excluding ortho intramolecular Hbond substituents is 1. The fourth-order valence-corrected chi connectivity index (χ4v) is 4.32. The number of carbonyl (C=O) groups excluding carboxylic acids is 2. The third kappa shape index (κ3) is 5.89. The molecule has 0 unspecified atom stereocenters. The summed E-state index contributed by atoms with van der Waals surface area (Å²) in [6.07, 6.45) is 0. The smallest absolute Gasteiger partial charge is 0.266 e. The molecule has 0 aliphatic rings.